The molecule has 0 aliphatic heterocycles. The van der Waals surface area contributed by atoms with Gasteiger partial charge in [-0.2, -0.15) is 0 Å². The molecule has 132 valence electrons. The molecule has 0 aromatic rings. The maximum atomic E-state index is 11.8. The van der Waals surface area contributed by atoms with E-state index in [0.717, 1.165) is 19.3 Å². The van der Waals surface area contributed by atoms with E-state index in [9.17, 15) is 14.7 Å². The Morgan fingerprint density at radius 3 is 2.48 bits per heavy atom. The molecule has 6 nitrogen and oxygen atoms in total. The first-order valence-corrected chi connectivity index (χ1v) is 8.70. The third kappa shape index (κ3) is 6.37. The molecule has 2 rings (SSSR count). The lowest BCUT2D eigenvalue weighted by Gasteiger charge is -2.31. The first-order chi connectivity index (χ1) is 10.7. The van der Waals surface area contributed by atoms with Gasteiger partial charge in [-0.05, 0) is 58.8 Å². The van der Waals surface area contributed by atoms with Gasteiger partial charge in [0.1, 0.15) is 5.60 Å². The number of nitrogens with one attached hydrogen (secondary N) is 2. The van der Waals surface area contributed by atoms with Crippen LogP contribution in [0.25, 0.3) is 0 Å². The van der Waals surface area contributed by atoms with Crippen LogP contribution >= 0.6 is 0 Å². The van der Waals surface area contributed by atoms with E-state index in [2.05, 4.69) is 10.6 Å². The van der Waals surface area contributed by atoms with Crippen LogP contribution in [0, 0.1) is 11.8 Å². The molecule has 2 saturated carbocycles. The van der Waals surface area contributed by atoms with Gasteiger partial charge < -0.3 is 20.5 Å². The molecule has 6 heteroatoms. The predicted octanol–water partition coefficient (Wildman–Crippen LogP) is 2.52. The molecule has 1 amide bonds. The molecule has 0 aromatic carbocycles. The lowest BCUT2D eigenvalue weighted by atomic mass is 9.85. The van der Waals surface area contributed by atoms with Crippen molar-refractivity contribution >= 4 is 12.1 Å². The number of amides is 1. The van der Waals surface area contributed by atoms with Crippen molar-refractivity contribution in [3.05, 3.63) is 0 Å². The Bertz CT molecular complexity index is 429. The Hall–Kier alpha value is -1.30. The smallest absolute Gasteiger partial charge is 0.407 e. The summed E-state index contributed by atoms with van der Waals surface area (Å²) in [5, 5.41) is 15.6. The molecule has 0 saturated heterocycles. The maximum Gasteiger partial charge on any atom is 0.407 e. The Balaban J connectivity index is 1.80. The van der Waals surface area contributed by atoms with Crippen LogP contribution in [0.1, 0.15) is 59.3 Å². The molecule has 3 unspecified atom stereocenters. The zero-order valence-corrected chi connectivity index (χ0v) is 14.4. The number of rotatable bonds is 6. The Morgan fingerprint density at radius 2 is 1.91 bits per heavy atom. The minimum Gasteiger partial charge on any atom is -0.481 e. The summed E-state index contributed by atoms with van der Waals surface area (Å²) in [5.41, 5.74) is -0.495. The van der Waals surface area contributed by atoms with E-state index in [1.807, 2.05) is 20.8 Å². The highest BCUT2D eigenvalue weighted by Gasteiger charge is 2.35. The first kappa shape index (κ1) is 18.0. The van der Waals surface area contributed by atoms with Gasteiger partial charge in [0.05, 0.1) is 5.92 Å². The molecule has 23 heavy (non-hydrogen) atoms. The van der Waals surface area contributed by atoms with Crippen LogP contribution in [0.4, 0.5) is 4.79 Å². The maximum absolute atomic E-state index is 11.8. The molecule has 0 bridgehead atoms. The van der Waals surface area contributed by atoms with Crippen molar-refractivity contribution in [2.75, 3.05) is 6.54 Å². The fourth-order valence-corrected chi connectivity index (χ4v) is 3.24. The minimum absolute atomic E-state index is 0.208. The van der Waals surface area contributed by atoms with Gasteiger partial charge >= 0.3 is 12.1 Å². The van der Waals surface area contributed by atoms with Gasteiger partial charge in [-0.1, -0.05) is 6.42 Å². The van der Waals surface area contributed by atoms with E-state index in [-0.39, 0.29) is 18.0 Å². The number of aliphatic carboxylic acids is 1. The fourth-order valence-electron chi connectivity index (χ4n) is 3.24. The Morgan fingerprint density at radius 1 is 1.22 bits per heavy atom. The zero-order valence-electron chi connectivity index (χ0n) is 14.4. The van der Waals surface area contributed by atoms with Gasteiger partial charge in [-0.25, -0.2) is 4.79 Å². The minimum atomic E-state index is -0.689. The number of alkyl carbamates (subject to hydrolysis) is 1. The summed E-state index contributed by atoms with van der Waals surface area (Å²) in [6, 6.07) is 0.441. The average Bonchev–Trinajstić information content (AvgIpc) is 3.26. The number of carboxylic acid groups (broad SMARTS) is 1. The molecular formula is C17H30N2O4. The number of carboxylic acids is 1. The normalized spacial score (nSPS) is 26.4. The van der Waals surface area contributed by atoms with Crippen molar-refractivity contribution in [3.63, 3.8) is 0 Å². The number of hydrogen-bond donors (Lipinski definition) is 3. The third-order valence-electron chi connectivity index (χ3n) is 4.53. The van der Waals surface area contributed by atoms with Gasteiger partial charge in [0, 0.05) is 18.6 Å². The SMILES string of the molecule is CC(C)(C)OC(=O)NCC(NC1CCCC(C(=O)O)C1)C1CC1. The molecule has 2 aliphatic carbocycles. The van der Waals surface area contributed by atoms with Crippen molar-refractivity contribution in [3.8, 4) is 0 Å². The molecule has 3 atom stereocenters. The molecule has 0 heterocycles. The summed E-state index contributed by atoms with van der Waals surface area (Å²) >= 11 is 0. The Labute approximate surface area is 138 Å². The van der Waals surface area contributed by atoms with Crippen LogP contribution in [0.2, 0.25) is 0 Å². The second kappa shape index (κ2) is 7.51. The van der Waals surface area contributed by atoms with E-state index in [0.29, 0.717) is 18.9 Å². The summed E-state index contributed by atoms with van der Waals surface area (Å²) in [4.78, 5) is 23.0. The van der Waals surface area contributed by atoms with Crippen molar-refractivity contribution in [2.24, 2.45) is 11.8 Å². The zero-order chi connectivity index (χ0) is 17.0. The van der Waals surface area contributed by atoms with Crippen molar-refractivity contribution in [1.29, 1.82) is 0 Å². The summed E-state index contributed by atoms with van der Waals surface area (Å²) < 4.78 is 5.27. The van der Waals surface area contributed by atoms with Gasteiger partial charge in [0.2, 0.25) is 0 Å². The van der Waals surface area contributed by atoms with E-state index >= 15 is 0 Å². The molecule has 0 spiro atoms. The second-order valence-corrected chi connectivity index (χ2v) is 7.89. The number of hydrogen-bond acceptors (Lipinski definition) is 4. The van der Waals surface area contributed by atoms with E-state index < -0.39 is 17.7 Å². The van der Waals surface area contributed by atoms with Crippen LogP contribution in [0.3, 0.4) is 0 Å². The number of carbonyl (C=O) groups is 2. The third-order valence-corrected chi connectivity index (χ3v) is 4.53. The molecule has 2 aliphatic rings. The highest BCUT2D eigenvalue weighted by Crippen LogP contribution is 2.34. The second-order valence-electron chi connectivity index (χ2n) is 7.89. The summed E-state index contributed by atoms with van der Waals surface area (Å²) in [6.07, 6.45) is 5.37. The lowest BCUT2D eigenvalue weighted by molar-refractivity contribution is -0.143. The number of ether oxygens (including phenoxy) is 1. The Kier molecular flexibility index (Phi) is 5.89. The van der Waals surface area contributed by atoms with Crippen LogP contribution in [-0.2, 0) is 9.53 Å². The van der Waals surface area contributed by atoms with Crippen LogP contribution in [-0.4, -0.2) is 41.4 Å². The number of carbonyl (C=O) groups excluding carboxylic acids is 1. The molecule has 0 aromatic heterocycles. The highest BCUT2D eigenvalue weighted by molar-refractivity contribution is 5.70. The monoisotopic (exact) mass is 326 g/mol. The van der Waals surface area contributed by atoms with Crippen molar-refractivity contribution in [2.45, 2.75) is 77.0 Å². The van der Waals surface area contributed by atoms with E-state index in [4.69, 9.17) is 4.74 Å². The van der Waals surface area contributed by atoms with Crippen LogP contribution < -0.4 is 10.6 Å². The van der Waals surface area contributed by atoms with Gasteiger partial charge in [-0.3, -0.25) is 4.79 Å². The molecule has 2 fully saturated rings. The first-order valence-electron chi connectivity index (χ1n) is 8.70. The van der Waals surface area contributed by atoms with Gasteiger partial charge in [0.15, 0.2) is 0 Å². The summed E-state index contributed by atoms with van der Waals surface area (Å²) in [6.45, 7) is 6.07. The fraction of sp³-hybridized carbons (Fsp3) is 0.882. The van der Waals surface area contributed by atoms with E-state index in [1.54, 1.807) is 0 Å². The highest BCUT2D eigenvalue weighted by atomic mass is 16.6. The average molecular weight is 326 g/mol. The molecule has 0 radical (unpaired) electrons. The lowest BCUT2D eigenvalue weighted by Crippen LogP contribution is -2.49. The standard InChI is InChI=1S/C17H30N2O4/c1-17(2,3)23-16(22)18-10-14(11-7-8-11)19-13-6-4-5-12(9-13)15(20)21/h11-14,19H,4-10H2,1-3H3,(H,18,22)(H,20,21). The molecular weight excluding hydrogens is 296 g/mol. The summed E-state index contributed by atoms with van der Waals surface area (Å²) in [5.74, 6) is -0.346. The van der Waals surface area contributed by atoms with Crippen LogP contribution in [0.15, 0.2) is 0 Å². The van der Waals surface area contributed by atoms with Crippen molar-refractivity contribution in [1.82, 2.24) is 10.6 Å². The van der Waals surface area contributed by atoms with Crippen LogP contribution in [0.5, 0.6) is 0 Å². The van der Waals surface area contributed by atoms with Gasteiger partial charge in [-0.15, -0.1) is 0 Å². The topological polar surface area (TPSA) is 87.7 Å². The largest absolute Gasteiger partial charge is 0.481 e. The quantitative estimate of drug-likeness (QED) is 0.698. The summed E-state index contributed by atoms with van der Waals surface area (Å²) in [7, 11) is 0. The van der Waals surface area contributed by atoms with Gasteiger partial charge in [0.25, 0.3) is 0 Å². The van der Waals surface area contributed by atoms with Crippen molar-refractivity contribution < 1.29 is 19.4 Å². The van der Waals surface area contributed by atoms with E-state index in [1.165, 1.54) is 12.8 Å². The molecule has 3 N–H and O–H groups in total. The predicted molar refractivity (Wildman–Crippen MR) is 87.3 cm³/mol.